The number of carbonyl (C=O) groups is 1. The molecule has 2 aromatic heterocycles. The Morgan fingerprint density at radius 1 is 1.25 bits per heavy atom. The molecule has 1 saturated heterocycles. The molecule has 3 rings (SSSR count). The van der Waals surface area contributed by atoms with E-state index in [9.17, 15) is 31.0 Å². The standard InChI is InChI=1S/C18H18F5N6O2S/c1-10-13(16(30)26-11-3-6-25-12(9-11)32(24)31)15(28-27-14(10)18(21,22)23)29-7-2-4-17(19,20)5-8-29/h3,6,9,24H,2,4-5,7-8H2,1H3,(H,25,26,30)/q-1. The summed E-state index contributed by atoms with van der Waals surface area (Å²) in [7, 11) is -2.20. The number of amides is 1. The van der Waals surface area contributed by atoms with Crippen molar-refractivity contribution in [1.82, 2.24) is 15.2 Å². The topological polar surface area (TPSA) is 112 Å². The van der Waals surface area contributed by atoms with Crippen LogP contribution in [0.3, 0.4) is 0 Å². The van der Waals surface area contributed by atoms with E-state index in [1.165, 1.54) is 17.2 Å². The second-order valence-electron chi connectivity index (χ2n) is 7.17. The first-order valence-electron chi connectivity index (χ1n) is 9.37. The van der Waals surface area contributed by atoms with Gasteiger partial charge >= 0.3 is 6.18 Å². The molecule has 0 unspecified atom stereocenters. The molecule has 1 aliphatic heterocycles. The highest BCUT2D eigenvalue weighted by molar-refractivity contribution is 7.73. The molecule has 1 amide bonds. The summed E-state index contributed by atoms with van der Waals surface area (Å²) in [5.74, 6) is -4.14. The van der Waals surface area contributed by atoms with Gasteiger partial charge in [0, 0.05) is 37.8 Å². The van der Waals surface area contributed by atoms with E-state index in [4.69, 9.17) is 4.78 Å². The highest BCUT2D eigenvalue weighted by Crippen LogP contribution is 2.36. The molecule has 3 heterocycles. The third-order valence-corrected chi connectivity index (χ3v) is 5.50. The van der Waals surface area contributed by atoms with E-state index >= 15 is 0 Å². The summed E-state index contributed by atoms with van der Waals surface area (Å²) in [5, 5.41) is 9.02. The minimum absolute atomic E-state index is 0.0405. The Kier molecular flexibility index (Phi) is 6.62. The number of anilines is 2. The van der Waals surface area contributed by atoms with E-state index in [1.54, 1.807) is 0 Å². The molecule has 0 saturated carbocycles. The minimum Gasteiger partial charge on any atom is -0.439 e. The Morgan fingerprint density at radius 2 is 1.97 bits per heavy atom. The second-order valence-corrected chi connectivity index (χ2v) is 8.13. The molecule has 2 aromatic rings. The average molecular weight is 477 g/mol. The molecule has 0 aliphatic carbocycles. The zero-order valence-electron chi connectivity index (χ0n) is 16.7. The molecule has 0 aromatic carbocycles. The fourth-order valence-corrected chi connectivity index (χ4v) is 3.72. The maximum absolute atomic E-state index is 13.8. The molecule has 1 fully saturated rings. The Hall–Kier alpha value is -2.90. The van der Waals surface area contributed by atoms with Gasteiger partial charge < -0.3 is 19.2 Å². The maximum Gasteiger partial charge on any atom is 0.435 e. The lowest BCUT2D eigenvalue weighted by Gasteiger charge is -2.25. The van der Waals surface area contributed by atoms with Crippen LogP contribution in [0.25, 0.3) is 0 Å². The van der Waals surface area contributed by atoms with Crippen LogP contribution in [-0.4, -0.2) is 40.1 Å². The Morgan fingerprint density at radius 3 is 2.62 bits per heavy atom. The van der Waals surface area contributed by atoms with Crippen molar-refractivity contribution in [3.05, 3.63) is 35.2 Å². The van der Waals surface area contributed by atoms with E-state index in [0.29, 0.717) is 0 Å². The normalized spacial score (nSPS) is 16.7. The number of pyridine rings is 1. The number of aromatic nitrogens is 3. The van der Waals surface area contributed by atoms with Crippen LogP contribution in [-0.2, 0) is 21.0 Å². The predicted molar refractivity (Wildman–Crippen MR) is 104 cm³/mol. The van der Waals surface area contributed by atoms with Gasteiger partial charge in [-0.1, -0.05) is 0 Å². The van der Waals surface area contributed by atoms with Gasteiger partial charge in [-0.05, 0) is 36.1 Å². The van der Waals surface area contributed by atoms with E-state index in [2.05, 4.69) is 20.5 Å². The van der Waals surface area contributed by atoms with Crippen molar-refractivity contribution >= 4 is 28.0 Å². The van der Waals surface area contributed by atoms with Crippen LogP contribution in [0.4, 0.5) is 33.5 Å². The molecule has 0 spiro atoms. The van der Waals surface area contributed by atoms with Crippen LogP contribution in [0.2, 0.25) is 0 Å². The number of hydrogen-bond donors (Lipinski definition) is 2. The lowest BCUT2D eigenvalue weighted by atomic mass is 10.1. The van der Waals surface area contributed by atoms with Gasteiger partial charge in [0.15, 0.2) is 11.5 Å². The zero-order valence-corrected chi connectivity index (χ0v) is 17.5. The van der Waals surface area contributed by atoms with Crippen LogP contribution in [0, 0.1) is 11.7 Å². The van der Waals surface area contributed by atoms with Gasteiger partial charge in [0.05, 0.1) is 5.56 Å². The molecule has 8 nitrogen and oxygen atoms in total. The first-order chi connectivity index (χ1) is 14.9. The number of rotatable bonds is 4. The van der Waals surface area contributed by atoms with Crippen molar-refractivity contribution in [3.8, 4) is 0 Å². The summed E-state index contributed by atoms with van der Waals surface area (Å²) >= 11 is 0. The van der Waals surface area contributed by atoms with Crippen LogP contribution in [0.15, 0.2) is 23.4 Å². The second kappa shape index (κ2) is 8.92. The van der Waals surface area contributed by atoms with Gasteiger partial charge in [-0.25, -0.2) is 8.78 Å². The number of nitrogens with zero attached hydrogens (tertiary/aromatic N) is 4. The Labute approximate surface area is 181 Å². The number of alkyl halides is 5. The van der Waals surface area contributed by atoms with E-state index < -0.39 is 51.8 Å². The lowest BCUT2D eigenvalue weighted by molar-refractivity contribution is -0.142. The first-order valence-corrected chi connectivity index (χ1v) is 10.5. The smallest absolute Gasteiger partial charge is 0.435 e. The molecule has 0 bridgehead atoms. The zero-order chi connectivity index (χ0) is 23.7. The van der Waals surface area contributed by atoms with Gasteiger partial charge in [0.25, 0.3) is 5.91 Å². The molecule has 1 aliphatic rings. The van der Waals surface area contributed by atoms with Crippen molar-refractivity contribution in [2.45, 2.75) is 43.3 Å². The molecule has 14 heteroatoms. The summed E-state index contributed by atoms with van der Waals surface area (Å²) in [4.78, 5) is 18.0. The number of nitrogens with one attached hydrogen (secondary N) is 2. The van der Waals surface area contributed by atoms with Crippen LogP contribution in [0.1, 0.15) is 40.9 Å². The quantitative estimate of drug-likeness (QED) is 0.505. The highest BCUT2D eigenvalue weighted by atomic mass is 32.2. The first kappa shape index (κ1) is 23.8. The number of halogens is 5. The third kappa shape index (κ3) is 5.29. The lowest BCUT2D eigenvalue weighted by Crippen LogP contribution is -2.31. The van der Waals surface area contributed by atoms with Gasteiger partial charge in [-0.15, -0.1) is 20.8 Å². The molecular weight excluding hydrogens is 459 g/mol. The Bertz CT molecular complexity index is 1100. The average Bonchev–Trinajstić information content (AvgIpc) is 2.87. The summed E-state index contributed by atoms with van der Waals surface area (Å²) < 4.78 is 86.2. The largest absolute Gasteiger partial charge is 0.439 e. The van der Waals surface area contributed by atoms with Crippen molar-refractivity contribution in [1.29, 1.82) is 4.78 Å². The van der Waals surface area contributed by atoms with Gasteiger partial charge in [0.2, 0.25) is 5.92 Å². The molecular formula is C18H18F5N6O2S-. The molecule has 0 atom stereocenters. The highest BCUT2D eigenvalue weighted by Gasteiger charge is 2.39. The monoisotopic (exact) mass is 477 g/mol. The van der Waals surface area contributed by atoms with Gasteiger partial charge in [-0.2, -0.15) is 13.2 Å². The SMILES string of the molecule is Cc1c(C(F)(F)F)nnc(N2CCCC(F)(F)CC2)c1C(=O)Nc1ccnc([S-](=N)=O)c1. The third-order valence-electron chi connectivity index (χ3n) is 4.89. The van der Waals surface area contributed by atoms with Crippen molar-refractivity contribution in [2.24, 2.45) is 0 Å². The van der Waals surface area contributed by atoms with Crippen molar-refractivity contribution in [3.63, 3.8) is 0 Å². The maximum atomic E-state index is 13.8. The number of carbonyl (C=O) groups excluding carboxylic acids is 1. The predicted octanol–water partition coefficient (Wildman–Crippen LogP) is 4.16. The summed E-state index contributed by atoms with van der Waals surface area (Å²) in [6, 6.07) is 2.44. The summed E-state index contributed by atoms with van der Waals surface area (Å²) in [6.07, 6.45) is -4.59. The molecule has 2 N–H and O–H groups in total. The van der Waals surface area contributed by atoms with Gasteiger partial charge in [-0.3, -0.25) is 9.78 Å². The summed E-state index contributed by atoms with van der Waals surface area (Å²) in [6.45, 7) is 0.899. The van der Waals surface area contributed by atoms with Crippen LogP contribution in [0.5, 0.6) is 0 Å². The summed E-state index contributed by atoms with van der Waals surface area (Å²) in [5.41, 5.74) is -2.29. The van der Waals surface area contributed by atoms with Crippen LogP contribution >= 0.6 is 0 Å². The van der Waals surface area contributed by atoms with E-state index in [1.807, 2.05) is 0 Å². The van der Waals surface area contributed by atoms with Crippen molar-refractivity contribution < 1.29 is 31.0 Å². The van der Waals surface area contributed by atoms with Crippen LogP contribution < -0.4 is 10.2 Å². The number of hydrogen-bond acceptors (Lipinski definition) is 8. The molecule has 174 valence electrons. The fraction of sp³-hybridized carbons (Fsp3) is 0.444. The molecule has 32 heavy (non-hydrogen) atoms. The Balaban J connectivity index is 2.05. The van der Waals surface area contributed by atoms with Gasteiger partial charge in [0.1, 0.15) is 0 Å². The van der Waals surface area contributed by atoms with E-state index in [0.717, 1.165) is 13.0 Å². The molecule has 0 radical (unpaired) electrons. The van der Waals surface area contributed by atoms with Crippen molar-refractivity contribution in [2.75, 3.05) is 23.3 Å². The van der Waals surface area contributed by atoms with E-state index in [-0.39, 0.29) is 42.5 Å². The minimum atomic E-state index is -4.89. The fourth-order valence-electron chi connectivity index (χ4n) is 3.33.